The molecule has 0 spiro atoms. The second-order valence-electron chi connectivity index (χ2n) is 6.49. The van der Waals surface area contributed by atoms with Crippen LogP contribution in [0.1, 0.15) is 42.5 Å². The van der Waals surface area contributed by atoms with E-state index in [9.17, 15) is 9.59 Å². The van der Waals surface area contributed by atoms with E-state index in [0.29, 0.717) is 12.2 Å². The van der Waals surface area contributed by atoms with E-state index >= 15 is 0 Å². The van der Waals surface area contributed by atoms with Gasteiger partial charge in [-0.2, -0.15) is 0 Å². The summed E-state index contributed by atoms with van der Waals surface area (Å²) in [7, 11) is 1.84. The maximum absolute atomic E-state index is 13.1. The van der Waals surface area contributed by atoms with Crippen molar-refractivity contribution in [2.75, 3.05) is 0 Å². The van der Waals surface area contributed by atoms with Crippen molar-refractivity contribution in [3.63, 3.8) is 0 Å². The van der Waals surface area contributed by atoms with Crippen molar-refractivity contribution < 1.29 is 9.59 Å². The number of amides is 2. The molecule has 6 nitrogen and oxygen atoms in total. The minimum atomic E-state index is -0.765. The van der Waals surface area contributed by atoms with Crippen LogP contribution in [0.25, 0.3) is 0 Å². The Balaban J connectivity index is 1.94. The summed E-state index contributed by atoms with van der Waals surface area (Å²) in [5.41, 5.74) is 1.28. The molecule has 126 valence electrons. The van der Waals surface area contributed by atoms with Crippen molar-refractivity contribution in [2.45, 2.75) is 45.6 Å². The van der Waals surface area contributed by atoms with Crippen molar-refractivity contribution in [2.24, 2.45) is 7.05 Å². The maximum atomic E-state index is 13.1. The van der Waals surface area contributed by atoms with Crippen molar-refractivity contribution in [3.05, 3.63) is 47.0 Å². The van der Waals surface area contributed by atoms with Gasteiger partial charge in [0.15, 0.2) is 5.82 Å². The molecule has 1 aromatic carbocycles. The largest absolute Gasteiger partial charge is 0.317 e. The van der Waals surface area contributed by atoms with Gasteiger partial charge in [0, 0.05) is 13.5 Å². The lowest BCUT2D eigenvalue weighted by atomic mass is 9.76. The summed E-state index contributed by atoms with van der Waals surface area (Å²) in [6, 6.07) is 7.89. The highest BCUT2D eigenvalue weighted by Gasteiger charge is 2.51. The van der Waals surface area contributed by atoms with Gasteiger partial charge in [0.2, 0.25) is 11.8 Å². The van der Waals surface area contributed by atoms with Crippen molar-refractivity contribution in [1.29, 1.82) is 0 Å². The minimum absolute atomic E-state index is 0.139. The zero-order chi connectivity index (χ0) is 17.5. The normalized spacial score (nSPS) is 20.9. The number of carbonyl (C=O) groups excluding carboxylic acids is 2. The highest BCUT2D eigenvalue weighted by Crippen LogP contribution is 2.40. The average molecular weight is 326 g/mol. The Morgan fingerprint density at radius 1 is 1.12 bits per heavy atom. The molecule has 0 saturated carbocycles. The number of hydrogen-bond donors (Lipinski definition) is 0. The van der Waals surface area contributed by atoms with Gasteiger partial charge in [0.1, 0.15) is 5.82 Å². The van der Waals surface area contributed by atoms with Crippen molar-refractivity contribution in [3.8, 4) is 0 Å². The molecule has 24 heavy (non-hydrogen) atoms. The van der Waals surface area contributed by atoms with E-state index in [1.54, 1.807) is 4.57 Å². The first-order valence-electron chi connectivity index (χ1n) is 8.16. The number of aryl methyl sites for hydroxylation is 2. The van der Waals surface area contributed by atoms with Gasteiger partial charge in [-0.1, -0.05) is 36.8 Å². The fourth-order valence-corrected chi connectivity index (χ4v) is 3.27. The van der Waals surface area contributed by atoms with Crippen LogP contribution in [0.2, 0.25) is 0 Å². The zero-order valence-electron chi connectivity index (χ0n) is 14.5. The Labute approximate surface area is 141 Å². The van der Waals surface area contributed by atoms with E-state index in [0.717, 1.165) is 17.0 Å². The number of nitrogens with zero attached hydrogens (tertiary/aromatic N) is 4. The molecule has 0 aliphatic carbocycles. The third-order valence-electron chi connectivity index (χ3n) is 5.10. The van der Waals surface area contributed by atoms with Crippen LogP contribution in [-0.4, -0.2) is 31.5 Å². The lowest BCUT2D eigenvalue weighted by molar-refractivity contribution is -0.140. The van der Waals surface area contributed by atoms with Crippen LogP contribution < -0.4 is 0 Å². The lowest BCUT2D eigenvalue weighted by Crippen LogP contribution is -2.38. The number of likely N-dealkylation sites (tertiary alicyclic amines) is 1. The van der Waals surface area contributed by atoms with Gasteiger partial charge in [0.05, 0.1) is 12.0 Å². The lowest BCUT2D eigenvalue weighted by Gasteiger charge is -2.26. The molecule has 0 bridgehead atoms. The highest BCUT2D eigenvalue weighted by atomic mass is 16.2. The van der Waals surface area contributed by atoms with Crippen LogP contribution in [0.5, 0.6) is 0 Å². The zero-order valence-corrected chi connectivity index (χ0v) is 14.5. The maximum Gasteiger partial charge on any atom is 0.240 e. The molecule has 1 aliphatic rings. The minimum Gasteiger partial charge on any atom is -0.317 e. The molecule has 0 unspecified atom stereocenters. The first-order chi connectivity index (χ1) is 11.4. The van der Waals surface area contributed by atoms with E-state index in [2.05, 4.69) is 10.2 Å². The van der Waals surface area contributed by atoms with Crippen LogP contribution in [-0.2, 0) is 28.6 Å². The molecule has 2 heterocycles. The van der Waals surface area contributed by atoms with Gasteiger partial charge in [-0.3, -0.25) is 14.5 Å². The van der Waals surface area contributed by atoms with Crippen LogP contribution in [0.3, 0.4) is 0 Å². The molecule has 1 atom stereocenters. The third kappa shape index (κ3) is 2.42. The second kappa shape index (κ2) is 5.85. The Bertz CT molecular complexity index is 794. The third-order valence-corrected chi connectivity index (χ3v) is 5.10. The molecular formula is C18H22N4O2. The molecule has 3 rings (SSSR count). The monoisotopic (exact) mass is 326 g/mol. The Hall–Kier alpha value is -2.50. The molecule has 0 N–H and O–H groups in total. The molecule has 2 amide bonds. The van der Waals surface area contributed by atoms with Crippen molar-refractivity contribution in [1.82, 2.24) is 19.7 Å². The topological polar surface area (TPSA) is 68.1 Å². The van der Waals surface area contributed by atoms with Gasteiger partial charge >= 0.3 is 0 Å². The average Bonchev–Trinajstić information content (AvgIpc) is 3.01. The summed E-state index contributed by atoms with van der Waals surface area (Å²) in [6.07, 6.45) is 0.803. The van der Waals surface area contributed by atoms with Gasteiger partial charge in [-0.25, -0.2) is 0 Å². The van der Waals surface area contributed by atoms with Crippen LogP contribution >= 0.6 is 0 Å². The summed E-state index contributed by atoms with van der Waals surface area (Å²) in [6.45, 7) is 5.98. The van der Waals surface area contributed by atoms with Gasteiger partial charge in [0.25, 0.3) is 0 Å². The van der Waals surface area contributed by atoms with Crippen LogP contribution in [0, 0.1) is 13.8 Å². The van der Waals surface area contributed by atoms with Gasteiger partial charge in [-0.15, -0.1) is 10.2 Å². The molecule has 2 aromatic rings. The fraction of sp³-hybridized carbons (Fsp3) is 0.444. The number of aromatic nitrogens is 3. The quantitative estimate of drug-likeness (QED) is 0.806. The summed E-state index contributed by atoms with van der Waals surface area (Å²) in [5.74, 6) is 1.08. The first-order valence-corrected chi connectivity index (χ1v) is 8.16. The van der Waals surface area contributed by atoms with Crippen LogP contribution in [0.15, 0.2) is 24.3 Å². The fourth-order valence-electron chi connectivity index (χ4n) is 3.27. The van der Waals surface area contributed by atoms with E-state index < -0.39 is 5.41 Å². The van der Waals surface area contributed by atoms with E-state index in [1.165, 1.54) is 4.90 Å². The predicted octanol–water partition coefficient (Wildman–Crippen LogP) is 2.04. The summed E-state index contributed by atoms with van der Waals surface area (Å²) in [4.78, 5) is 27.0. The van der Waals surface area contributed by atoms with E-state index in [4.69, 9.17) is 0 Å². The number of rotatable bonds is 4. The SMILES string of the molecule is CC[C@]1(c2ccc(C)cc2)CC(=O)N(Cc2nnc(C)n2C)C1=O. The molecule has 1 fully saturated rings. The van der Waals surface area contributed by atoms with E-state index in [-0.39, 0.29) is 24.8 Å². The Morgan fingerprint density at radius 2 is 1.79 bits per heavy atom. The molecular weight excluding hydrogens is 304 g/mol. The van der Waals surface area contributed by atoms with Crippen LogP contribution in [0.4, 0.5) is 0 Å². The Kier molecular flexibility index (Phi) is 3.99. The van der Waals surface area contributed by atoms with Crippen molar-refractivity contribution >= 4 is 11.8 Å². The van der Waals surface area contributed by atoms with Gasteiger partial charge in [-0.05, 0) is 25.8 Å². The number of hydrogen-bond acceptors (Lipinski definition) is 4. The molecule has 1 saturated heterocycles. The smallest absolute Gasteiger partial charge is 0.240 e. The highest BCUT2D eigenvalue weighted by molar-refractivity contribution is 6.08. The summed E-state index contributed by atoms with van der Waals surface area (Å²) >= 11 is 0. The number of imide groups is 1. The standard InChI is InChI=1S/C18H22N4O2/c1-5-18(14-8-6-12(2)7-9-14)10-16(23)22(17(18)24)11-15-20-19-13(3)21(15)4/h6-9H,5,10-11H2,1-4H3/t18-/m1/s1. The number of benzene rings is 1. The number of carbonyl (C=O) groups is 2. The molecule has 6 heteroatoms. The molecule has 1 aromatic heterocycles. The Morgan fingerprint density at radius 3 is 2.33 bits per heavy atom. The van der Waals surface area contributed by atoms with E-state index in [1.807, 2.05) is 52.1 Å². The second-order valence-corrected chi connectivity index (χ2v) is 6.49. The first kappa shape index (κ1) is 16.4. The van der Waals surface area contributed by atoms with Gasteiger partial charge < -0.3 is 4.57 Å². The summed E-state index contributed by atoms with van der Waals surface area (Å²) in [5, 5.41) is 8.07. The molecule has 0 radical (unpaired) electrons. The molecule has 1 aliphatic heterocycles. The summed E-state index contributed by atoms with van der Waals surface area (Å²) < 4.78 is 1.80. The predicted molar refractivity (Wildman–Crippen MR) is 89.1 cm³/mol.